The van der Waals surface area contributed by atoms with Crippen LogP contribution in [-0.2, 0) is 11.5 Å². The number of rotatable bonds is 4. The van der Waals surface area contributed by atoms with Gasteiger partial charge in [-0.3, -0.25) is 4.79 Å². The molecule has 140 valence electrons. The topological polar surface area (TPSA) is 97.9 Å². The number of hydrogen-bond acceptors (Lipinski definition) is 6. The molecule has 0 saturated heterocycles. The number of ether oxygens (including phenoxy) is 1. The summed E-state index contributed by atoms with van der Waals surface area (Å²) in [5, 5.41) is 17.5. The van der Waals surface area contributed by atoms with Crippen molar-refractivity contribution in [2.24, 2.45) is 0 Å². The van der Waals surface area contributed by atoms with Crippen LogP contribution in [-0.4, -0.2) is 21.0 Å². The molecule has 0 unspecified atom stereocenters. The van der Waals surface area contributed by atoms with Crippen molar-refractivity contribution >= 4 is 16.9 Å². The second-order valence-corrected chi connectivity index (χ2v) is 6.18. The summed E-state index contributed by atoms with van der Waals surface area (Å²) in [6.45, 7) is -0.371. The molecule has 0 fully saturated rings. The average molecular weight is 382 g/mol. The number of aromatic nitrogens is 3. The van der Waals surface area contributed by atoms with Gasteiger partial charge in [-0.1, -0.05) is 53.7 Å². The van der Waals surface area contributed by atoms with Gasteiger partial charge >= 0.3 is 5.97 Å². The Kier molecular flexibility index (Phi) is 4.82. The minimum absolute atomic E-state index is 0.289. The first kappa shape index (κ1) is 18.1. The van der Waals surface area contributed by atoms with Crippen molar-refractivity contribution in [2.75, 3.05) is 0 Å². The van der Waals surface area contributed by atoms with Crippen LogP contribution in [0, 0.1) is 11.3 Å². The molecule has 0 aliphatic carbocycles. The molecule has 0 atom stereocenters. The Hall–Kier alpha value is -4.31. The molecule has 0 aliphatic heterocycles. The first-order valence-corrected chi connectivity index (χ1v) is 8.77. The molecule has 0 aliphatic rings. The van der Waals surface area contributed by atoms with Crippen LogP contribution >= 0.6 is 0 Å². The summed E-state index contributed by atoms with van der Waals surface area (Å²) >= 11 is 0. The molecule has 0 bridgehead atoms. The zero-order chi connectivity index (χ0) is 20.2. The number of hydrogen-bond donors (Lipinski definition) is 0. The summed E-state index contributed by atoms with van der Waals surface area (Å²) in [5.41, 5.74) is 2.02. The maximum atomic E-state index is 12.7. The maximum Gasteiger partial charge on any atom is 0.340 e. The number of carbonyl (C=O) groups is 1. The molecule has 0 amide bonds. The van der Waals surface area contributed by atoms with E-state index >= 15 is 0 Å². The van der Waals surface area contributed by atoms with E-state index in [0.717, 1.165) is 4.68 Å². The summed E-state index contributed by atoms with van der Waals surface area (Å²) in [6.07, 6.45) is 0. The molecule has 4 aromatic rings. The molecular weight excluding hydrogens is 368 g/mol. The summed E-state index contributed by atoms with van der Waals surface area (Å²) in [7, 11) is 0. The summed E-state index contributed by atoms with van der Waals surface area (Å²) in [4.78, 5) is 25.2. The van der Waals surface area contributed by atoms with Crippen LogP contribution in [0.4, 0.5) is 0 Å². The van der Waals surface area contributed by atoms with Gasteiger partial charge < -0.3 is 4.74 Å². The third kappa shape index (κ3) is 3.47. The van der Waals surface area contributed by atoms with Gasteiger partial charge in [0.05, 0.1) is 22.6 Å². The van der Waals surface area contributed by atoms with E-state index in [2.05, 4.69) is 16.4 Å². The number of esters is 1. The van der Waals surface area contributed by atoms with Crippen molar-refractivity contribution in [3.63, 3.8) is 0 Å². The number of carbonyl (C=O) groups excluding carboxylic acids is 1. The zero-order valence-corrected chi connectivity index (χ0v) is 15.1. The fourth-order valence-electron chi connectivity index (χ4n) is 3.02. The number of benzene rings is 3. The molecule has 0 radical (unpaired) electrons. The van der Waals surface area contributed by atoms with E-state index < -0.39 is 11.5 Å². The standard InChI is InChI=1S/C22H14N4O3/c23-13-15-7-1-2-8-16(15)17-9-3-4-10-18(17)22(28)29-14-26-21(27)19-11-5-6-12-20(19)24-25-26/h1-12H,14H2. The van der Waals surface area contributed by atoms with Crippen molar-refractivity contribution in [1.29, 1.82) is 5.26 Å². The minimum atomic E-state index is -0.629. The molecule has 1 heterocycles. The van der Waals surface area contributed by atoms with Crippen LogP contribution in [0.2, 0.25) is 0 Å². The highest BCUT2D eigenvalue weighted by Gasteiger charge is 2.16. The van der Waals surface area contributed by atoms with Crippen LogP contribution in [0.1, 0.15) is 15.9 Å². The van der Waals surface area contributed by atoms with E-state index in [-0.39, 0.29) is 12.3 Å². The second-order valence-electron chi connectivity index (χ2n) is 6.18. The quantitative estimate of drug-likeness (QED) is 0.503. The highest BCUT2D eigenvalue weighted by Crippen LogP contribution is 2.27. The Morgan fingerprint density at radius 3 is 2.48 bits per heavy atom. The largest absolute Gasteiger partial charge is 0.439 e. The average Bonchev–Trinajstić information content (AvgIpc) is 2.78. The third-order valence-corrected chi connectivity index (χ3v) is 4.43. The van der Waals surface area contributed by atoms with Crippen LogP contribution < -0.4 is 5.56 Å². The van der Waals surface area contributed by atoms with E-state index in [9.17, 15) is 14.9 Å². The highest BCUT2D eigenvalue weighted by molar-refractivity contribution is 5.98. The van der Waals surface area contributed by atoms with Gasteiger partial charge in [-0.05, 0) is 29.8 Å². The Morgan fingerprint density at radius 1 is 0.966 bits per heavy atom. The van der Waals surface area contributed by atoms with E-state index in [4.69, 9.17) is 4.74 Å². The first-order valence-electron chi connectivity index (χ1n) is 8.77. The van der Waals surface area contributed by atoms with Gasteiger partial charge in [0.15, 0.2) is 6.73 Å². The van der Waals surface area contributed by atoms with Crippen molar-refractivity contribution in [3.05, 3.63) is 94.3 Å². The second kappa shape index (κ2) is 7.74. The SMILES string of the molecule is N#Cc1ccccc1-c1ccccc1C(=O)OCn1nnc2ccccc2c1=O. The lowest BCUT2D eigenvalue weighted by Gasteiger charge is -2.11. The molecule has 4 rings (SSSR count). The Morgan fingerprint density at radius 2 is 1.66 bits per heavy atom. The molecule has 7 heteroatoms. The normalized spacial score (nSPS) is 10.4. The van der Waals surface area contributed by atoms with Gasteiger partial charge in [0.2, 0.25) is 0 Å². The van der Waals surface area contributed by atoms with Gasteiger partial charge in [0, 0.05) is 5.56 Å². The van der Waals surface area contributed by atoms with Crippen molar-refractivity contribution < 1.29 is 9.53 Å². The highest BCUT2D eigenvalue weighted by atomic mass is 16.5. The fourth-order valence-corrected chi connectivity index (χ4v) is 3.02. The summed E-state index contributed by atoms with van der Waals surface area (Å²) in [5.74, 6) is -0.629. The number of nitriles is 1. The Bertz CT molecular complexity index is 1320. The van der Waals surface area contributed by atoms with E-state index in [1.807, 2.05) is 0 Å². The monoisotopic (exact) mass is 382 g/mol. The molecule has 0 saturated carbocycles. The van der Waals surface area contributed by atoms with Crippen LogP contribution in [0.15, 0.2) is 77.6 Å². The predicted octanol–water partition coefficient (Wildman–Crippen LogP) is 3.14. The molecule has 0 N–H and O–H groups in total. The predicted molar refractivity (Wildman–Crippen MR) is 106 cm³/mol. The lowest BCUT2D eigenvalue weighted by atomic mass is 9.96. The third-order valence-electron chi connectivity index (χ3n) is 4.43. The number of nitrogens with zero attached hydrogens (tertiary/aromatic N) is 4. The van der Waals surface area contributed by atoms with Gasteiger partial charge in [0.1, 0.15) is 5.52 Å². The zero-order valence-electron chi connectivity index (χ0n) is 15.1. The molecule has 29 heavy (non-hydrogen) atoms. The smallest absolute Gasteiger partial charge is 0.340 e. The Labute approximate surface area is 165 Å². The van der Waals surface area contributed by atoms with Crippen molar-refractivity contribution in [1.82, 2.24) is 15.0 Å². The Balaban J connectivity index is 1.63. The van der Waals surface area contributed by atoms with E-state index in [0.29, 0.717) is 27.6 Å². The number of fused-ring (bicyclic) bond motifs is 1. The van der Waals surface area contributed by atoms with Gasteiger partial charge in [-0.25, -0.2) is 4.79 Å². The molecule has 1 aromatic heterocycles. The minimum Gasteiger partial charge on any atom is -0.439 e. The first-order chi connectivity index (χ1) is 14.2. The van der Waals surface area contributed by atoms with Crippen LogP contribution in [0.25, 0.3) is 22.0 Å². The van der Waals surface area contributed by atoms with E-state index in [1.54, 1.807) is 72.8 Å². The lowest BCUT2D eigenvalue weighted by molar-refractivity contribution is 0.0337. The van der Waals surface area contributed by atoms with Gasteiger partial charge in [-0.15, -0.1) is 5.10 Å². The van der Waals surface area contributed by atoms with Gasteiger partial charge in [0.25, 0.3) is 5.56 Å². The molecular formula is C22H14N4O3. The maximum absolute atomic E-state index is 12.7. The summed E-state index contributed by atoms with van der Waals surface area (Å²) in [6, 6.07) is 22.8. The van der Waals surface area contributed by atoms with Crippen molar-refractivity contribution in [3.8, 4) is 17.2 Å². The molecule has 7 nitrogen and oxygen atoms in total. The lowest BCUT2D eigenvalue weighted by Crippen LogP contribution is -2.26. The fraction of sp³-hybridized carbons (Fsp3) is 0.0455. The van der Waals surface area contributed by atoms with E-state index in [1.165, 1.54) is 0 Å². The molecule has 3 aromatic carbocycles. The molecule has 0 spiro atoms. The van der Waals surface area contributed by atoms with Crippen LogP contribution in [0.3, 0.4) is 0 Å². The van der Waals surface area contributed by atoms with Gasteiger partial charge in [-0.2, -0.15) is 9.94 Å². The summed E-state index contributed by atoms with van der Waals surface area (Å²) < 4.78 is 6.31. The van der Waals surface area contributed by atoms with Crippen molar-refractivity contribution in [2.45, 2.75) is 6.73 Å². The van der Waals surface area contributed by atoms with Crippen LogP contribution in [0.5, 0.6) is 0 Å².